The van der Waals surface area contributed by atoms with Gasteiger partial charge in [-0.15, -0.1) is 11.3 Å². The molecule has 1 aromatic carbocycles. The number of amides is 2. The zero-order valence-corrected chi connectivity index (χ0v) is 19.9. The molecular formula is C21H27N3O6S2. The van der Waals surface area contributed by atoms with Crippen LogP contribution in [0.1, 0.15) is 19.0 Å². The Morgan fingerprint density at radius 1 is 1.28 bits per heavy atom. The van der Waals surface area contributed by atoms with Crippen LogP contribution < -0.4 is 14.8 Å². The van der Waals surface area contributed by atoms with Crippen molar-refractivity contribution in [2.45, 2.75) is 25.8 Å². The Hall–Kier alpha value is -2.66. The molecule has 0 spiro atoms. The molecule has 1 fully saturated rings. The molecule has 1 saturated heterocycles. The number of carbonyl (C=O) groups is 2. The Bertz CT molecular complexity index is 1080. The number of likely N-dealkylation sites (N-methyl/N-ethyl adjacent to an activating group) is 1. The number of benzene rings is 1. The first kappa shape index (κ1) is 24.0. The highest BCUT2D eigenvalue weighted by atomic mass is 32.2. The molecule has 1 aromatic heterocycles. The van der Waals surface area contributed by atoms with E-state index in [2.05, 4.69) is 10.3 Å². The number of hydrogen-bond donors (Lipinski definition) is 1. The lowest BCUT2D eigenvalue weighted by Crippen LogP contribution is -2.45. The molecule has 0 saturated carbocycles. The van der Waals surface area contributed by atoms with Crippen LogP contribution in [0.25, 0.3) is 10.6 Å². The maximum Gasteiger partial charge on any atom is 0.239 e. The standard InChI is InChI=1S/C21H27N3O6S2/c1-4-24(11-18(25)22-14-8-9-32(27,28)13-14)19(26)10-15-12-31-21(23-15)16-6-5-7-17(29-2)20(16)30-3/h5-7,12,14H,4,8-11,13H2,1-3H3,(H,22,25)/t14-/m0/s1. The van der Waals surface area contributed by atoms with E-state index in [1.165, 1.54) is 16.2 Å². The summed E-state index contributed by atoms with van der Waals surface area (Å²) < 4.78 is 33.9. The molecule has 0 radical (unpaired) electrons. The van der Waals surface area contributed by atoms with Crippen molar-refractivity contribution >= 4 is 33.0 Å². The van der Waals surface area contributed by atoms with E-state index in [4.69, 9.17) is 9.47 Å². The van der Waals surface area contributed by atoms with Crippen LogP contribution in [0.2, 0.25) is 0 Å². The number of ether oxygens (including phenoxy) is 2. The number of methoxy groups -OCH3 is 2. The number of carbonyl (C=O) groups excluding carboxylic acids is 2. The lowest BCUT2D eigenvalue weighted by atomic mass is 10.2. The fraction of sp³-hybridized carbons (Fsp3) is 0.476. The van der Waals surface area contributed by atoms with Gasteiger partial charge in [0.05, 0.1) is 49.9 Å². The third-order valence-corrected chi connectivity index (χ3v) is 7.88. The number of aromatic nitrogens is 1. The van der Waals surface area contributed by atoms with Crippen molar-refractivity contribution in [1.82, 2.24) is 15.2 Å². The maximum atomic E-state index is 12.8. The number of hydrogen-bond acceptors (Lipinski definition) is 8. The van der Waals surface area contributed by atoms with E-state index in [1.807, 2.05) is 17.5 Å². The van der Waals surface area contributed by atoms with Gasteiger partial charge in [-0.25, -0.2) is 13.4 Å². The van der Waals surface area contributed by atoms with Crippen molar-refractivity contribution in [2.75, 3.05) is 38.8 Å². The molecule has 1 aliphatic heterocycles. The smallest absolute Gasteiger partial charge is 0.239 e. The summed E-state index contributed by atoms with van der Waals surface area (Å²) in [7, 11) is 0.0428. The van der Waals surface area contributed by atoms with Gasteiger partial charge < -0.3 is 19.7 Å². The maximum absolute atomic E-state index is 12.8. The van der Waals surface area contributed by atoms with Gasteiger partial charge in [0.1, 0.15) is 5.01 Å². The fourth-order valence-electron chi connectivity index (χ4n) is 3.57. The first-order valence-electron chi connectivity index (χ1n) is 10.2. The Morgan fingerprint density at radius 3 is 2.69 bits per heavy atom. The number of thiazole rings is 1. The van der Waals surface area contributed by atoms with E-state index >= 15 is 0 Å². The highest BCUT2D eigenvalue weighted by Crippen LogP contribution is 2.39. The van der Waals surface area contributed by atoms with Crippen molar-refractivity contribution in [2.24, 2.45) is 0 Å². The minimum Gasteiger partial charge on any atom is -0.493 e. The Labute approximate surface area is 191 Å². The van der Waals surface area contributed by atoms with Crippen LogP contribution in [0.3, 0.4) is 0 Å². The highest BCUT2D eigenvalue weighted by Gasteiger charge is 2.29. The summed E-state index contributed by atoms with van der Waals surface area (Å²) in [5.74, 6) is 0.616. The number of sulfone groups is 1. The van der Waals surface area contributed by atoms with Crippen molar-refractivity contribution in [3.8, 4) is 22.1 Å². The van der Waals surface area contributed by atoms with Crippen molar-refractivity contribution in [3.63, 3.8) is 0 Å². The summed E-state index contributed by atoms with van der Waals surface area (Å²) in [6.07, 6.45) is 0.463. The lowest BCUT2D eigenvalue weighted by Gasteiger charge is -2.21. The molecule has 3 rings (SSSR count). The van der Waals surface area contributed by atoms with Crippen LogP contribution >= 0.6 is 11.3 Å². The predicted octanol–water partition coefficient (Wildman–Crippen LogP) is 1.52. The van der Waals surface area contributed by atoms with Gasteiger partial charge in [0.25, 0.3) is 0 Å². The minimum atomic E-state index is -3.08. The quantitative estimate of drug-likeness (QED) is 0.577. The van der Waals surface area contributed by atoms with Gasteiger partial charge in [-0.2, -0.15) is 0 Å². The number of rotatable bonds is 9. The van der Waals surface area contributed by atoms with Gasteiger partial charge in [-0.3, -0.25) is 9.59 Å². The third kappa shape index (κ3) is 5.77. The summed E-state index contributed by atoms with van der Waals surface area (Å²) >= 11 is 1.39. The summed E-state index contributed by atoms with van der Waals surface area (Å²) in [4.78, 5) is 31.1. The van der Waals surface area contributed by atoms with Crippen LogP contribution in [0.15, 0.2) is 23.6 Å². The molecule has 0 bridgehead atoms. The number of nitrogens with one attached hydrogen (secondary N) is 1. The molecule has 174 valence electrons. The van der Waals surface area contributed by atoms with Crippen molar-refractivity contribution in [1.29, 1.82) is 0 Å². The summed E-state index contributed by atoms with van der Waals surface area (Å²) in [5.41, 5.74) is 1.37. The van der Waals surface area contributed by atoms with Crippen LogP contribution in [0.5, 0.6) is 11.5 Å². The molecule has 2 heterocycles. The van der Waals surface area contributed by atoms with E-state index in [9.17, 15) is 18.0 Å². The largest absolute Gasteiger partial charge is 0.493 e. The molecule has 1 aliphatic rings. The average Bonchev–Trinajstić information content (AvgIpc) is 3.36. The average molecular weight is 482 g/mol. The van der Waals surface area contributed by atoms with Crippen LogP contribution in [0.4, 0.5) is 0 Å². The summed E-state index contributed by atoms with van der Waals surface area (Å²) in [5, 5.41) is 5.23. The molecule has 1 N–H and O–H groups in total. The van der Waals surface area contributed by atoms with Gasteiger partial charge in [0, 0.05) is 18.0 Å². The molecule has 2 amide bonds. The topological polar surface area (TPSA) is 115 Å². The zero-order valence-electron chi connectivity index (χ0n) is 18.3. The van der Waals surface area contributed by atoms with Crippen molar-refractivity contribution in [3.05, 3.63) is 29.3 Å². The SMILES string of the molecule is CCN(CC(=O)N[C@H]1CCS(=O)(=O)C1)C(=O)Cc1csc(-c2cccc(OC)c2OC)n1. The number of nitrogens with zero attached hydrogens (tertiary/aromatic N) is 2. The predicted molar refractivity (Wildman–Crippen MR) is 122 cm³/mol. The Balaban J connectivity index is 1.63. The molecule has 1 atom stereocenters. The normalized spacial score (nSPS) is 17.0. The van der Waals surface area contributed by atoms with Gasteiger partial charge in [-0.05, 0) is 25.5 Å². The van der Waals surface area contributed by atoms with E-state index < -0.39 is 9.84 Å². The van der Waals surface area contributed by atoms with Crippen LogP contribution in [0, 0.1) is 0 Å². The molecule has 11 heteroatoms. The van der Waals surface area contributed by atoms with E-state index in [0.29, 0.717) is 35.2 Å². The second-order valence-corrected chi connectivity index (χ2v) is 10.5. The van der Waals surface area contributed by atoms with Gasteiger partial charge in [0.2, 0.25) is 11.8 Å². The third-order valence-electron chi connectivity index (χ3n) is 5.18. The van der Waals surface area contributed by atoms with Crippen LogP contribution in [-0.4, -0.2) is 75.0 Å². The summed E-state index contributed by atoms with van der Waals surface area (Å²) in [6, 6.07) is 5.12. The second-order valence-electron chi connectivity index (χ2n) is 7.44. The Kier molecular flexibility index (Phi) is 7.73. The minimum absolute atomic E-state index is 0.0475. The molecule has 0 aliphatic carbocycles. The Morgan fingerprint density at radius 2 is 2.06 bits per heavy atom. The molecular weight excluding hydrogens is 454 g/mol. The van der Waals surface area contributed by atoms with Crippen molar-refractivity contribution < 1.29 is 27.5 Å². The fourth-order valence-corrected chi connectivity index (χ4v) is 6.08. The monoisotopic (exact) mass is 481 g/mol. The molecule has 9 nitrogen and oxygen atoms in total. The van der Waals surface area contributed by atoms with E-state index in [0.717, 1.165) is 5.56 Å². The van der Waals surface area contributed by atoms with E-state index in [1.54, 1.807) is 27.2 Å². The molecule has 32 heavy (non-hydrogen) atoms. The second kappa shape index (κ2) is 10.3. The number of para-hydroxylation sites is 1. The van der Waals surface area contributed by atoms with E-state index in [-0.39, 0.29) is 42.3 Å². The van der Waals surface area contributed by atoms with Crippen LogP contribution in [-0.2, 0) is 25.8 Å². The highest BCUT2D eigenvalue weighted by molar-refractivity contribution is 7.91. The molecule has 2 aromatic rings. The van der Waals surface area contributed by atoms with Gasteiger partial charge in [0.15, 0.2) is 21.3 Å². The lowest BCUT2D eigenvalue weighted by molar-refractivity contribution is -0.135. The first-order chi connectivity index (χ1) is 15.3. The van der Waals surface area contributed by atoms with Gasteiger partial charge in [-0.1, -0.05) is 6.07 Å². The first-order valence-corrected chi connectivity index (χ1v) is 12.9. The summed E-state index contributed by atoms with van der Waals surface area (Å²) in [6.45, 7) is 2.03. The molecule has 0 unspecified atom stereocenters. The zero-order chi connectivity index (χ0) is 23.3. The van der Waals surface area contributed by atoms with Gasteiger partial charge >= 0.3 is 0 Å².